The van der Waals surface area contributed by atoms with Crippen LogP contribution in [-0.2, 0) is 0 Å². The molecule has 1 aromatic carbocycles. The van der Waals surface area contributed by atoms with Gasteiger partial charge in [0.25, 0.3) is 0 Å². The Bertz CT molecular complexity index is 821. The van der Waals surface area contributed by atoms with Crippen LogP contribution in [0.3, 0.4) is 0 Å². The van der Waals surface area contributed by atoms with Gasteiger partial charge in [0.2, 0.25) is 5.88 Å². The number of anilines is 1. The van der Waals surface area contributed by atoms with Gasteiger partial charge >= 0.3 is 0 Å². The normalized spacial score (nSPS) is 18.2. The number of rotatable bonds is 2. The van der Waals surface area contributed by atoms with Gasteiger partial charge in [-0.2, -0.15) is 4.98 Å². The van der Waals surface area contributed by atoms with E-state index in [-0.39, 0.29) is 0 Å². The number of aromatic nitrogens is 2. The number of hydrogen-bond acceptors (Lipinski definition) is 5. The summed E-state index contributed by atoms with van der Waals surface area (Å²) in [5, 5.41) is 0. The molecule has 1 fully saturated rings. The molecule has 1 aliphatic heterocycles. The fourth-order valence-corrected chi connectivity index (χ4v) is 3.85. The average Bonchev–Trinajstić information content (AvgIpc) is 2.69. The van der Waals surface area contributed by atoms with E-state index in [1.54, 1.807) is 0 Å². The standard InChI is InChI=1S/C20H24N4O.C3H8/c1-20(2)17(24-16-18(21)22-12-23-19(16)25-20)15-10-8-14(9-11-15)13-6-4-3-5-7-13;1-3-2/h8-13H,3-7H2,1-2H3,(H2,21,22,23);3H2,1-2H3. The molecule has 0 saturated heterocycles. The van der Waals surface area contributed by atoms with Crippen molar-refractivity contribution in [3.05, 3.63) is 41.7 Å². The van der Waals surface area contributed by atoms with Crippen molar-refractivity contribution in [3.8, 4) is 5.88 Å². The lowest BCUT2D eigenvalue weighted by Gasteiger charge is -2.32. The zero-order valence-electron chi connectivity index (χ0n) is 17.5. The van der Waals surface area contributed by atoms with E-state index in [0.717, 1.165) is 11.3 Å². The van der Waals surface area contributed by atoms with Gasteiger partial charge in [-0.1, -0.05) is 63.8 Å². The predicted molar refractivity (Wildman–Crippen MR) is 116 cm³/mol. The van der Waals surface area contributed by atoms with Gasteiger partial charge in [-0.3, -0.25) is 0 Å². The SMILES string of the molecule is CC1(C)Oc2ncnc(N)c2N=C1c1ccc(C2CCCCC2)cc1.CCC. The van der Waals surface area contributed by atoms with E-state index >= 15 is 0 Å². The Balaban J connectivity index is 0.000000706. The lowest BCUT2D eigenvalue weighted by Crippen LogP contribution is -2.41. The first-order valence-electron chi connectivity index (χ1n) is 10.4. The van der Waals surface area contributed by atoms with E-state index in [1.165, 1.54) is 50.4 Å². The Morgan fingerprint density at radius 2 is 1.68 bits per heavy atom. The van der Waals surface area contributed by atoms with Crippen molar-refractivity contribution in [3.63, 3.8) is 0 Å². The van der Waals surface area contributed by atoms with Gasteiger partial charge in [-0.25, -0.2) is 9.98 Å². The fraction of sp³-hybridized carbons (Fsp3) is 0.522. The van der Waals surface area contributed by atoms with Crippen molar-refractivity contribution in [1.82, 2.24) is 9.97 Å². The molecule has 1 saturated carbocycles. The third-order valence-corrected chi connectivity index (χ3v) is 5.22. The number of nitrogen functional groups attached to an aromatic ring is 1. The summed E-state index contributed by atoms with van der Waals surface area (Å²) in [7, 11) is 0. The molecule has 5 heteroatoms. The van der Waals surface area contributed by atoms with Crippen LogP contribution in [0.2, 0.25) is 0 Å². The number of nitrogens with zero attached hydrogens (tertiary/aromatic N) is 3. The largest absolute Gasteiger partial charge is 0.463 e. The molecule has 2 aromatic rings. The minimum absolute atomic E-state index is 0.344. The maximum Gasteiger partial charge on any atom is 0.246 e. The quantitative estimate of drug-likeness (QED) is 0.713. The summed E-state index contributed by atoms with van der Waals surface area (Å²) in [6, 6.07) is 8.78. The maximum atomic E-state index is 6.05. The van der Waals surface area contributed by atoms with Crippen LogP contribution >= 0.6 is 0 Å². The first-order valence-corrected chi connectivity index (χ1v) is 10.4. The van der Waals surface area contributed by atoms with E-state index in [2.05, 4.69) is 48.1 Å². The zero-order chi connectivity index (χ0) is 20.1. The summed E-state index contributed by atoms with van der Waals surface area (Å²) in [6.07, 6.45) is 9.32. The van der Waals surface area contributed by atoms with E-state index in [4.69, 9.17) is 15.5 Å². The minimum Gasteiger partial charge on any atom is -0.463 e. The number of benzene rings is 1. The van der Waals surface area contributed by atoms with E-state index in [0.29, 0.717) is 23.3 Å². The Morgan fingerprint density at radius 3 is 2.32 bits per heavy atom. The molecule has 150 valence electrons. The first kappa shape index (κ1) is 20.3. The van der Waals surface area contributed by atoms with E-state index in [9.17, 15) is 0 Å². The number of fused-ring (bicyclic) bond motifs is 1. The molecule has 5 nitrogen and oxygen atoms in total. The molecule has 2 aliphatic rings. The monoisotopic (exact) mass is 380 g/mol. The summed E-state index contributed by atoms with van der Waals surface area (Å²) in [6.45, 7) is 8.25. The molecule has 4 rings (SSSR count). The van der Waals surface area contributed by atoms with Gasteiger partial charge in [0.1, 0.15) is 11.9 Å². The molecular weight excluding hydrogens is 348 g/mol. The molecule has 28 heavy (non-hydrogen) atoms. The van der Waals surface area contributed by atoms with Gasteiger partial charge in [-0.15, -0.1) is 0 Å². The highest BCUT2D eigenvalue weighted by molar-refractivity contribution is 6.09. The Kier molecular flexibility index (Phi) is 6.32. The Morgan fingerprint density at radius 1 is 1.04 bits per heavy atom. The van der Waals surface area contributed by atoms with Crippen molar-refractivity contribution in [2.75, 3.05) is 5.73 Å². The van der Waals surface area contributed by atoms with Crippen LogP contribution in [-0.4, -0.2) is 21.3 Å². The van der Waals surface area contributed by atoms with Crippen molar-refractivity contribution in [1.29, 1.82) is 0 Å². The molecule has 0 spiro atoms. The molecule has 1 aromatic heterocycles. The van der Waals surface area contributed by atoms with E-state index in [1.807, 2.05) is 13.8 Å². The zero-order valence-corrected chi connectivity index (χ0v) is 17.5. The van der Waals surface area contributed by atoms with E-state index < -0.39 is 5.60 Å². The van der Waals surface area contributed by atoms with Crippen LogP contribution in [0.4, 0.5) is 11.5 Å². The molecule has 1 aliphatic carbocycles. The molecule has 0 amide bonds. The summed E-state index contributed by atoms with van der Waals surface area (Å²) in [4.78, 5) is 12.9. The third-order valence-electron chi connectivity index (χ3n) is 5.22. The van der Waals surface area contributed by atoms with Gasteiger partial charge in [0.05, 0.1) is 5.71 Å². The summed E-state index contributed by atoms with van der Waals surface area (Å²) >= 11 is 0. The predicted octanol–water partition coefficient (Wildman–Crippen LogP) is 5.81. The van der Waals surface area contributed by atoms with Crippen LogP contribution in [0.5, 0.6) is 5.88 Å². The van der Waals surface area contributed by atoms with Crippen LogP contribution in [0, 0.1) is 0 Å². The molecule has 0 unspecified atom stereocenters. The van der Waals surface area contributed by atoms with Gasteiger partial charge in [0.15, 0.2) is 11.5 Å². The third kappa shape index (κ3) is 4.34. The summed E-state index contributed by atoms with van der Waals surface area (Å²) < 4.78 is 6.05. The molecule has 2 heterocycles. The van der Waals surface area contributed by atoms with Crippen LogP contribution in [0.25, 0.3) is 0 Å². The molecular formula is C23H32N4O. The molecule has 0 radical (unpaired) electrons. The van der Waals surface area contributed by atoms with Crippen molar-refractivity contribution < 1.29 is 4.74 Å². The average molecular weight is 381 g/mol. The van der Waals surface area contributed by atoms with Gasteiger partial charge in [0, 0.05) is 5.56 Å². The minimum atomic E-state index is -0.569. The van der Waals surface area contributed by atoms with Crippen LogP contribution in [0.15, 0.2) is 35.6 Å². The van der Waals surface area contributed by atoms with Crippen molar-refractivity contribution in [2.24, 2.45) is 4.99 Å². The summed E-state index contributed by atoms with van der Waals surface area (Å²) in [5.41, 5.74) is 9.25. The maximum absolute atomic E-state index is 6.05. The Labute approximate surface area is 168 Å². The van der Waals surface area contributed by atoms with Crippen LogP contribution < -0.4 is 10.5 Å². The van der Waals surface area contributed by atoms with Crippen molar-refractivity contribution >= 4 is 17.2 Å². The highest BCUT2D eigenvalue weighted by Crippen LogP contribution is 2.39. The second kappa shape index (κ2) is 8.72. The second-order valence-corrected chi connectivity index (χ2v) is 8.15. The Hall–Kier alpha value is -2.43. The highest BCUT2D eigenvalue weighted by Gasteiger charge is 2.35. The first-order chi connectivity index (χ1) is 13.5. The van der Waals surface area contributed by atoms with Crippen LogP contribution in [0.1, 0.15) is 83.3 Å². The summed E-state index contributed by atoms with van der Waals surface area (Å²) in [5.74, 6) is 1.49. The van der Waals surface area contributed by atoms with Gasteiger partial charge < -0.3 is 10.5 Å². The highest BCUT2D eigenvalue weighted by atomic mass is 16.5. The smallest absolute Gasteiger partial charge is 0.246 e. The number of nitrogens with two attached hydrogens (primary N) is 1. The lowest BCUT2D eigenvalue weighted by molar-refractivity contribution is 0.171. The molecule has 2 N–H and O–H groups in total. The number of hydrogen-bond donors (Lipinski definition) is 1. The topological polar surface area (TPSA) is 73.4 Å². The van der Waals surface area contributed by atoms with Gasteiger partial charge in [-0.05, 0) is 38.2 Å². The molecule has 0 atom stereocenters. The molecule has 0 bridgehead atoms. The second-order valence-electron chi connectivity index (χ2n) is 8.15. The lowest BCUT2D eigenvalue weighted by atomic mass is 9.83. The number of aliphatic imine (C=N–C) groups is 1. The number of ether oxygens (including phenoxy) is 1. The van der Waals surface area contributed by atoms with Crippen molar-refractivity contribution in [2.45, 2.75) is 77.7 Å². The fourth-order valence-electron chi connectivity index (χ4n) is 3.85.